The zero-order chi connectivity index (χ0) is 13.5. The van der Waals surface area contributed by atoms with Gasteiger partial charge in [-0.15, -0.1) is 11.7 Å². The zero-order valence-electron chi connectivity index (χ0n) is 11.4. The van der Waals surface area contributed by atoms with Crippen LogP contribution in [0.15, 0.2) is 12.7 Å². The molecular weight excluding hydrogens is 224 g/mol. The number of aryl methyl sites for hydroxylation is 1. The maximum absolute atomic E-state index is 9.36. The summed E-state index contributed by atoms with van der Waals surface area (Å²) in [5.41, 5.74) is 2.61. The Morgan fingerprint density at radius 3 is 2.56 bits per heavy atom. The number of rotatable bonds is 6. The van der Waals surface area contributed by atoms with Gasteiger partial charge in [-0.05, 0) is 24.8 Å². The van der Waals surface area contributed by atoms with Crippen LogP contribution in [-0.4, -0.2) is 23.8 Å². The van der Waals surface area contributed by atoms with Crippen molar-refractivity contribution >= 4 is 5.82 Å². The second-order valence-electron chi connectivity index (χ2n) is 4.14. The Hall–Kier alpha value is -1.89. The number of nitriles is 1. The molecule has 0 saturated heterocycles. The third-order valence-electron chi connectivity index (χ3n) is 2.97. The van der Waals surface area contributed by atoms with E-state index in [9.17, 15) is 5.26 Å². The van der Waals surface area contributed by atoms with Gasteiger partial charge < -0.3 is 4.90 Å². The smallest absolute Gasteiger partial charge is 0.169 e. The van der Waals surface area contributed by atoms with Crippen LogP contribution in [0.25, 0.3) is 0 Å². The predicted molar refractivity (Wildman–Crippen MR) is 73.6 cm³/mol. The molecule has 0 unspecified atom stereocenters. The van der Waals surface area contributed by atoms with Crippen molar-refractivity contribution < 1.29 is 0 Å². The van der Waals surface area contributed by atoms with Crippen molar-refractivity contribution in [3.63, 3.8) is 0 Å². The minimum atomic E-state index is 0.663. The lowest BCUT2D eigenvalue weighted by molar-refractivity contribution is 0.815. The van der Waals surface area contributed by atoms with Crippen LogP contribution in [0, 0.1) is 11.3 Å². The summed E-state index contributed by atoms with van der Waals surface area (Å²) in [6.07, 6.45) is 4.34. The second-order valence-corrected chi connectivity index (χ2v) is 4.14. The van der Waals surface area contributed by atoms with E-state index in [0.29, 0.717) is 11.4 Å². The molecule has 0 spiro atoms. The standard InChI is InChI=1S/C14H20N4/c1-5-8-9-18(4)14-12(10-15)11(6-2)13(7-3)16-17-14/h5H,1,6-9H2,2-4H3. The summed E-state index contributed by atoms with van der Waals surface area (Å²) in [7, 11) is 1.93. The Kier molecular flexibility index (Phi) is 5.31. The third-order valence-corrected chi connectivity index (χ3v) is 2.97. The molecule has 96 valence electrons. The summed E-state index contributed by atoms with van der Waals surface area (Å²) in [6, 6.07) is 2.28. The molecule has 0 aromatic carbocycles. The van der Waals surface area contributed by atoms with Crippen LogP contribution in [0.1, 0.15) is 37.1 Å². The lowest BCUT2D eigenvalue weighted by Crippen LogP contribution is -2.22. The van der Waals surface area contributed by atoms with Crippen molar-refractivity contribution in [3.05, 3.63) is 29.5 Å². The van der Waals surface area contributed by atoms with E-state index < -0.39 is 0 Å². The molecule has 0 atom stereocenters. The van der Waals surface area contributed by atoms with E-state index in [0.717, 1.165) is 37.1 Å². The molecule has 0 aliphatic rings. The van der Waals surface area contributed by atoms with Gasteiger partial charge in [0.05, 0.1) is 5.69 Å². The fourth-order valence-electron chi connectivity index (χ4n) is 1.94. The van der Waals surface area contributed by atoms with E-state index in [1.54, 1.807) is 0 Å². The summed E-state index contributed by atoms with van der Waals surface area (Å²) in [4.78, 5) is 1.96. The van der Waals surface area contributed by atoms with E-state index in [4.69, 9.17) is 0 Å². The number of hydrogen-bond donors (Lipinski definition) is 0. The molecule has 1 heterocycles. The molecule has 4 heteroatoms. The lowest BCUT2D eigenvalue weighted by atomic mass is 10.0. The Bertz CT molecular complexity index is 460. The first-order valence-electron chi connectivity index (χ1n) is 6.30. The van der Waals surface area contributed by atoms with Gasteiger partial charge in [-0.3, -0.25) is 0 Å². The van der Waals surface area contributed by atoms with Gasteiger partial charge in [0.2, 0.25) is 0 Å². The predicted octanol–water partition coefficient (Wildman–Crippen LogP) is 2.49. The quantitative estimate of drug-likeness (QED) is 0.721. The number of anilines is 1. The average molecular weight is 244 g/mol. The van der Waals surface area contributed by atoms with Gasteiger partial charge in [-0.1, -0.05) is 19.9 Å². The molecule has 0 bridgehead atoms. The molecule has 18 heavy (non-hydrogen) atoms. The van der Waals surface area contributed by atoms with Crippen LogP contribution in [0.4, 0.5) is 5.82 Å². The van der Waals surface area contributed by atoms with Gasteiger partial charge in [-0.25, -0.2) is 0 Å². The summed E-state index contributed by atoms with van der Waals surface area (Å²) in [5, 5.41) is 17.8. The van der Waals surface area contributed by atoms with E-state index in [1.165, 1.54) is 0 Å². The van der Waals surface area contributed by atoms with Crippen LogP contribution in [0.2, 0.25) is 0 Å². The van der Waals surface area contributed by atoms with Crippen molar-refractivity contribution in [1.82, 2.24) is 10.2 Å². The first-order valence-corrected chi connectivity index (χ1v) is 6.30. The molecule has 1 aromatic heterocycles. The van der Waals surface area contributed by atoms with Crippen molar-refractivity contribution in [2.75, 3.05) is 18.5 Å². The van der Waals surface area contributed by atoms with Crippen LogP contribution in [0.5, 0.6) is 0 Å². The van der Waals surface area contributed by atoms with E-state index in [1.807, 2.05) is 31.9 Å². The molecule has 0 aliphatic heterocycles. The highest BCUT2D eigenvalue weighted by Crippen LogP contribution is 2.22. The van der Waals surface area contributed by atoms with E-state index in [2.05, 4.69) is 22.8 Å². The molecule has 0 N–H and O–H groups in total. The highest BCUT2D eigenvalue weighted by molar-refractivity contribution is 5.57. The summed E-state index contributed by atoms with van der Waals surface area (Å²) >= 11 is 0. The average Bonchev–Trinajstić information content (AvgIpc) is 2.42. The Morgan fingerprint density at radius 2 is 2.06 bits per heavy atom. The van der Waals surface area contributed by atoms with Crippen LogP contribution in [0.3, 0.4) is 0 Å². The maximum atomic E-state index is 9.36. The minimum Gasteiger partial charge on any atom is -0.357 e. The van der Waals surface area contributed by atoms with Gasteiger partial charge in [-0.2, -0.15) is 10.4 Å². The molecule has 0 radical (unpaired) electrons. The van der Waals surface area contributed by atoms with E-state index >= 15 is 0 Å². The molecule has 1 aromatic rings. The number of nitrogens with zero attached hydrogens (tertiary/aromatic N) is 4. The van der Waals surface area contributed by atoms with Gasteiger partial charge in [0.1, 0.15) is 11.6 Å². The number of aromatic nitrogens is 2. The summed E-state index contributed by atoms with van der Waals surface area (Å²) < 4.78 is 0. The first kappa shape index (κ1) is 14.2. The van der Waals surface area contributed by atoms with Gasteiger partial charge >= 0.3 is 0 Å². The van der Waals surface area contributed by atoms with Crippen molar-refractivity contribution in [3.8, 4) is 6.07 Å². The topological polar surface area (TPSA) is 52.8 Å². The molecule has 0 fully saturated rings. The largest absolute Gasteiger partial charge is 0.357 e. The third kappa shape index (κ3) is 2.86. The number of hydrogen-bond acceptors (Lipinski definition) is 4. The first-order chi connectivity index (χ1) is 8.69. The Balaban J connectivity index is 3.21. The molecule has 0 amide bonds. The second kappa shape index (κ2) is 6.75. The Morgan fingerprint density at radius 1 is 1.33 bits per heavy atom. The zero-order valence-corrected chi connectivity index (χ0v) is 11.4. The SMILES string of the molecule is C=CCCN(C)c1nnc(CC)c(CC)c1C#N. The van der Waals surface area contributed by atoms with Crippen molar-refractivity contribution in [2.24, 2.45) is 0 Å². The van der Waals surface area contributed by atoms with Gasteiger partial charge in [0.15, 0.2) is 5.82 Å². The summed E-state index contributed by atoms with van der Waals surface area (Å²) in [5.74, 6) is 0.674. The highest BCUT2D eigenvalue weighted by Gasteiger charge is 2.16. The van der Waals surface area contributed by atoms with Crippen LogP contribution >= 0.6 is 0 Å². The fraction of sp³-hybridized carbons (Fsp3) is 0.500. The van der Waals surface area contributed by atoms with E-state index in [-0.39, 0.29) is 0 Å². The Labute approximate surface area is 109 Å². The maximum Gasteiger partial charge on any atom is 0.169 e. The molecule has 4 nitrogen and oxygen atoms in total. The van der Waals surface area contributed by atoms with Crippen molar-refractivity contribution in [1.29, 1.82) is 5.26 Å². The minimum absolute atomic E-state index is 0.663. The highest BCUT2D eigenvalue weighted by atomic mass is 15.2. The molecule has 1 rings (SSSR count). The van der Waals surface area contributed by atoms with Gasteiger partial charge in [0, 0.05) is 13.6 Å². The van der Waals surface area contributed by atoms with Gasteiger partial charge in [0.25, 0.3) is 0 Å². The summed E-state index contributed by atoms with van der Waals surface area (Å²) in [6.45, 7) is 8.57. The molecular formula is C14H20N4. The normalized spacial score (nSPS) is 9.89. The molecule has 0 saturated carbocycles. The van der Waals surface area contributed by atoms with Crippen molar-refractivity contribution in [2.45, 2.75) is 33.1 Å². The fourth-order valence-corrected chi connectivity index (χ4v) is 1.94. The molecule has 0 aliphatic carbocycles. The monoisotopic (exact) mass is 244 g/mol. The van der Waals surface area contributed by atoms with Crippen LogP contribution in [-0.2, 0) is 12.8 Å². The lowest BCUT2D eigenvalue weighted by Gasteiger charge is -2.20. The van der Waals surface area contributed by atoms with Crippen LogP contribution < -0.4 is 4.90 Å².